The number of ether oxygens (including phenoxy) is 1. The quantitative estimate of drug-likeness (QED) is 0.121. The predicted molar refractivity (Wildman–Crippen MR) is 215 cm³/mol. The molecule has 4 fully saturated rings. The topological polar surface area (TPSA) is 46.5 Å². The van der Waals surface area contributed by atoms with Gasteiger partial charge in [-0.2, -0.15) is 0 Å². The van der Waals surface area contributed by atoms with E-state index >= 15 is 0 Å². The van der Waals surface area contributed by atoms with Gasteiger partial charge in [-0.25, -0.2) is 0 Å². The molecule has 5 rings (SSSR count). The molecular weight excluding hydrogens is 625 g/mol. The zero-order chi connectivity index (χ0) is 37.1. The van der Waals surface area contributed by atoms with E-state index in [4.69, 9.17) is 4.74 Å². The number of aliphatic hydroxyl groups excluding tert-OH is 1. The maximum atomic E-state index is 13.2. The van der Waals surface area contributed by atoms with Crippen molar-refractivity contribution in [2.45, 2.75) is 222 Å². The third-order valence-electron chi connectivity index (χ3n) is 17.1. The van der Waals surface area contributed by atoms with Gasteiger partial charge in [-0.15, -0.1) is 0 Å². The molecule has 10 unspecified atom stereocenters. The van der Waals surface area contributed by atoms with E-state index in [1.54, 1.807) is 5.57 Å². The van der Waals surface area contributed by atoms with E-state index in [-0.39, 0.29) is 39.7 Å². The Bertz CT molecular complexity index is 1230. The van der Waals surface area contributed by atoms with Crippen LogP contribution in [0.2, 0.25) is 0 Å². The van der Waals surface area contributed by atoms with Crippen molar-refractivity contribution in [2.75, 3.05) is 0 Å². The van der Waals surface area contributed by atoms with Crippen molar-refractivity contribution in [1.29, 1.82) is 0 Å². The van der Waals surface area contributed by atoms with Crippen LogP contribution < -0.4 is 0 Å². The van der Waals surface area contributed by atoms with Crippen LogP contribution in [0.1, 0.15) is 210 Å². The summed E-state index contributed by atoms with van der Waals surface area (Å²) in [6.07, 6.45) is 32.8. The largest absolute Gasteiger partial charge is 0.462 e. The van der Waals surface area contributed by atoms with E-state index in [0.717, 1.165) is 31.6 Å². The van der Waals surface area contributed by atoms with E-state index in [1.807, 2.05) is 0 Å². The van der Waals surface area contributed by atoms with Gasteiger partial charge in [0, 0.05) is 23.7 Å². The molecule has 0 bridgehead atoms. The SMILES string of the molecule is CCCCCCCCCCCCCCCCCC(=O)OC1CC(O)C2(C)C3=CC=C4C5C(C)C(C)CCC5(C)CCC4(C)C3(C)CCC2C1(C)C. The molecule has 0 amide bonds. The number of carbonyl (C=O) groups is 1. The maximum Gasteiger partial charge on any atom is 0.306 e. The summed E-state index contributed by atoms with van der Waals surface area (Å²) < 4.78 is 6.32. The maximum absolute atomic E-state index is 13.2. The number of unbranched alkanes of at least 4 members (excludes halogenated alkanes) is 14. The van der Waals surface area contributed by atoms with Crippen LogP contribution in [-0.4, -0.2) is 23.3 Å². The average Bonchev–Trinajstić information content (AvgIpc) is 3.08. The van der Waals surface area contributed by atoms with Crippen molar-refractivity contribution in [3.05, 3.63) is 23.3 Å². The molecule has 0 aromatic carbocycles. The third kappa shape index (κ3) is 7.87. The Labute approximate surface area is 316 Å². The zero-order valence-corrected chi connectivity index (χ0v) is 35.1. The number of carbonyl (C=O) groups excluding carboxylic acids is 1. The molecule has 10 atom stereocenters. The fourth-order valence-electron chi connectivity index (χ4n) is 13.1. The monoisotopic (exact) mass is 707 g/mol. The Balaban J connectivity index is 1.12. The van der Waals surface area contributed by atoms with E-state index in [0.29, 0.717) is 30.1 Å². The second-order valence-corrected chi connectivity index (χ2v) is 20.5. The molecule has 292 valence electrons. The molecule has 3 heteroatoms. The predicted octanol–water partition coefficient (Wildman–Crippen LogP) is 13.7. The van der Waals surface area contributed by atoms with Crippen LogP contribution in [0.3, 0.4) is 0 Å². The van der Waals surface area contributed by atoms with Crippen molar-refractivity contribution in [3.63, 3.8) is 0 Å². The Morgan fingerprint density at radius 2 is 1.29 bits per heavy atom. The Morgan fingerprint density at radius 1 is 0.725 bits per heavy atom. The Kier molecular flexibility index (Phi) is 13.5. The first-order valence-electron chi connectivity index (χ1n) is 22.5. The second-order valence-electron chi connectivity index (χ2n) is 20.5. The second kappa shape index (κ2) is 16.7. The van der Waals surface area contributed by atoms with Crippen LogP contribution in [-0.2, 0) is 9.53 Å². The molecule has 0 aliphatic heterocycles. The lowest BCUT2D eigenvalue weighted by molar-refractivity contribution is -0.197. The van der Waals surface area contributed by atoms with Gasteiger partial charge in [-0.1, -0.05) is 176 Å². The van der Waals surface area contributed by atoms with Crippen LogP contribution in [0.4, 0.5) is 0 Å². The van der Waals surface area contributed by atoms with Gasteiger partial charge in [0.2, 0.25) is 0 Å². The molecule has 0 radical (unpaired) electrons. The zero-order valence-electron chi connectivity index (χ0n) is 35.1. The summed E-state index contributed by atoms with van der Waals surface area (Å²) in [5.74, 6) is 2.36. The minimum Gasteiger partial charge on any atom is -0.462 e. The smallest absolute Gasteiger partial charge is 0.306 e. The third-order valence-corrected chi connectivity index (χ3v) is 17.1. The van der Waals surface area contributed by atoms with Crippen LogP contribution in [0, 0.1) is 50.7 Å². The summed E-state index contributed by atoms with van der Waals surface area (Å²) in [6.45, 7) is 22.1. The lowest BCUT2D eigenvalue weighted by Crippen LogP contribution is -2.65. The van der Waals surface area contributed by atoms with Crippen LogP contribution in [0.5, 0.6) is 0 Å². The summed E-state index contributed by atoms with van der Waals surface area (Å²) in [5.41, 5.74) is 3.28. The van der Waals surface area contributed by atoms with Crippen molar-refractivity contribution < 1.29 is 14.6 Å². The van der Waals surface area contributed by atoms with Crippen LogP contribution in [0.25, 0.3) is 0 Å². The highest BCUT2D eigenvalue weighted by molar-refractivity contribution is 5.69. The van der Waals surface area contributed by atoms with Crippen molar-refractivity contribution in [3.8, 4) is 0 Å². The van der Waals surface area contributed by atoms with E-state index in [2.05, 4.69) is 74.5 Å². The molecule has 0 saturated heterocycles. The fourth-order valence-corrected chi connectivity index (χ4v) is 13.1. The Morgan fingerprint density at radius 3 is 1.88 bits per heavy atom. The Hall–Kier alpha value is -1.09. The molecule has 5 aliphatic carbocycles. The van der Waals surface area contributed by atoms with Gasteiger partial charge in [0.25, 0.3) is 0 Å². The van der Waals surface area contributed by atoms with Gasteiger partial charge in [-0.05, 0) is 84.9 Å². The lowest BCUT2D eigenvalue weighted by Gasteiger charge is -2.69. The minimum absolute atomic E-state index is 0.0399. The number of hydrogen-bond donors (Lipinski definition) is 1. The average molecular weight is 707 g/mol. The van der Waals surface area contributed by atoms with Crippen molar-refractivity contribution in [1.82, 2.24) is 0 Å². The summed E-state index contributed by atoms with van der Waals surface area (Å²) in [6, 6.07) is 0. The van der Waals surface area contributed by atoms with Gasteiger partial charge in [0.05, 0.1) is 6.10 Å². The molecule has 4 saturated carbocycles. The molecule has 0 aromatic heterocycles. The number of allylic oxidation sites excluding steroid dienone is 3. The van der Waals surface area contributed by atoms with Gasteiger partial charge in [0.15, 0.2) is 0 Å². The molecule has 5 aliphatic rings. The first-order chi connectivity index (χ1) is 24.2. The van der Waals surface area contributed by atoms with Crippen LogP contribution >= 0.6 is 0 Å². The fraction of sp³-hybridized carbons (Fsp3) is 0.896. The summed E-state index contributed by atoms with van der Waals surface area (Å²) in [5, 5.41) is 12.2. The number of fused-ring (bicyclic) bond motifs is 7. The number of aliphatic hydroxyl groups is 1. The normalized spacial score (nSPS) is 39.9. The van der Waals surface area contributed by atoms with Gasteiger partial charge < -0.3 is 9.84 Å². The highest BCUT2D eigenvalue weighted by Gasteiger charge is 2.68. The summed E-state index contributed by atoms with van der Waals surface area (Å²) in [4.78, 5) is 13.2. The van der Waals surface area contributed by atoms with Crippen molar-refractivity contribution in [2.24, 2.45) is 50.7 Å². The molecule has 3 nitrogen and oxygen atoms in total. The highest BCUT2D eigenvalue weighted by atomic mass is 16.5. The number of hydrogen-bond acceptors (Lipinski definition) is 3. The number of rotatable bonds is 17. The molecule has 0 aromatic rings. The standard InChI is InChI=1S/C48H82O3/c1-10-11-12-13-14-15-16-17-18-19-20-21-22-23-24-25-42(50)51-41-34-40(49)48(9)38(44(41,4)5)29-31-47(8)39(48)27-26-37-43-36(3)35(2)28-30-45(43,6)32-33-46(37,47)7/h26-27,35-36,38,40-41,43,49H,10-25,28-34H2,1-9H3. The first kappa shape index (κ1) is 41.1. The van der Waals surface area contributed by atoms with Crippen LogP contribution in [0.15, 0.2) is 23.3 Å². The van der Waals surface area contributed by atoms with E-state index < -0.39 is 6.10 Å². The molecule has 0 spiro atoms. The molecule has 51 heavy (non-hydrogen) atoms. The van der Waals surface area contributed by atoms with E-state index in [1.165, 1.54) is 115 Å². The minimum atomic E-state index is -0.508. The van der Waals surface area contributed by atoms with Gasteiger partial charge >= 0.3 is 5.97 Å². The van der Waals surface area contributed by atoms with Gasteiger partial charge in [0.1, 0.15) is 6.10 Å². The summed E-state index contributed by atoms with van der Waals surface area (Å²) in [7, 11) is 0. The molecule has 1 N–H and O–H groups in total. The molecular formula is C48H82O3. The summed E-state index contributed by atoms with van der Waals surface area (Å²) >= 11 is 0. The molecule has 0 heterocycles. The number of esters is 1. The lowest BCUT2D eigenvalue weighted by atomic mass is 9.35. The van der Waals surface area contributed by atoms with Gasteiger partial charge in [-0.3, -0.25) is 4.79 Å². The highest BCUT2D eigenvalue weighted by Crippen LogP contribution is 2.74. The van der Waals surface area contributed by atoms with E-state index in [9.17, 15) is 9.90 Å². The van der Waals surface area contributed by atoms with Crippen molar-refractivity contribution >= 4 is 5.97 Å². The first-order valence-corrected chi connectivity index (χ1v) is 22.5.